The zero-order valence-corrected chi connectivity index (χ0v) is 12.5. The molecule has 0 bridgehead atoms. The van der Waals surface area contributed by atoms with Crippen molar-refractivity contribution in [2.24, 2.45) is 0 Å². The Bertz CT molecular complexity index is 329. The van der Waals surface area contributed by atoms with Gasteiger partial charge in [0, 0.05) is 10.0 Å². The van der Waals surface area contributed by atoms with Gasteiger partial charge in [-0.3, -0.25) is 0 Å². The molecule has 0 aromatic heterocycles. The van der Waals surface area contributed by atoms with Crippen LogP contribution in [0.5, 0.6) is 5.75 Å². The number of hydrogen-bond donors (Lipinski definition) is 0. The second-order valence-corrected chi connectivity index (χ2v) is 5.25. The molecule has 0 heterocycles. The molecule has 0 atom stereocenters. The molecule has 0 amide bonds. The first-order valence-corrected chi connectivity index (χ1v) is 6.49. The Morgan fingerprint density at radius 3 is 2.29 bits per heavy atom. The maximum Gasteiger partial charge on any atom is 0.148 e. The molecule has 0 unspecified atom stereocenters. The van der Waals surface area contributed by atoms with Gasteiger partial charge in [-0.15, -0.1) is 0 Å². The molecule has 1 nitrogen and oxygen atoms in total. The third kappa shape index (κ3) is 3.57. The predicted molar refractivity (Wildman–Crippen MR) is 70.0 cm³/mol. The lowest BCUT2D eigenvalue weighted by molar-refractivity contribution is 0.358. The van der Waals surface area contributed by atoms with Gasteiger partial charge in [-0.1, -0.05) is 27.5 Å². The fourth-order valence-electron chi connectivity index (χ4n) is 0.835. The van der Waals surface area contributed by atoms with E-state index in [4.69, 9.17) is 16.3 Å². The smallest absolute Gasteiger partial charge is 0.148 e. The van der Waals surface area contributed by atoms with Crippen LogP contribution in [0.15, 0.2) is 37.2 Å². The lowest BCUT2D eigenvalue weighted by Gasteiger charge is -2.08. The first-order valence-electron chi connectivity index (χ1n) is 3.67. The quantitative estimate of drug-likeness (QED) is 0.680. The standard InChI is InChI=1S/C9H6Br3ClO/c10-6-4-7(11)9(8(12)5-6)14-3-1-2-13/h1-2,4-5H,3H2/b2-1+. The summed E-state index contributed by atoms with van der Waals surface area (Å²) in [6.45, 7) is 0.447. The molecule has 1 aromatic carbocycles. The lowest BCUT2D eigenvalue weighted by Crippen LogP contribution is -1.94. The van der Waals surface area contributed by atoms with Crippen LogP contribution in [0.2, 0.25) is 0 Å². The topological polar surface area (TPSA) is 9.23 Å². The molecule has 0 radical (unpaired) electrons. The lowest BCUT2D eigenvalue weighted by atomic mass is 10.3. The molecule has 0 aliphatic heterocycles. The molecule has 0 spiro atoms. The van der Waals surface area contributed by atoms with Gasteiger partial charge in [0.2, 0.25) is 0 Å². The monoisotopic (exact) mass is 402 g/mol. The molecule has 0 saturated carbocycles. The number of ether oxygens (including phenoxy) is 1. The number of hydrogen-bond acceptors (Lipinski definition) is 1. The van der Waals surface area contributed by atoms with Gasteiger partial charge in [-0.05, 0) is 50.1 Å². The van der Waals surface area contributed by atoms with Crippen LogP contribution in [0.25, 0.3) is 0 Å². The van der Waals surface area contributed by atoms with Crippen LogP contribution in [0, 0.1) is 0 Å². The minimum absolute atomic E-state index is 0.447. The third-order valence-corrected chi connectivity index (χ3v) is 3.19. The van der Waals surface area contributed by atoms with Gasteiger partial charge in [-0.2, -0.15) is 0 Å². The molecule has 1 rings (SSSR count). The second kappa shape index (κ2) is 6.16. The highest BCUT2D eigenvalue weighted by atomic mass is 79.9. The van der Waals surface area contributed by atoms with Crippen molar-refractivity contribution in [2.75, 3.05) is 6.61 Å². The molecule has 0 aliphatic carbocycles. The first-order chi connectivity index (χ1) is 6.65. The Balaban J connectivity index is 2.85. The zero-order chi connectivity index (χ0) is 10.6. The van der Waals surface area contributed by atoms with E-state index >= 15 is 0 Å². The van der Waals surface area contributed by atoms with E-state index in [9.17, 15) is 0 Å². The Morgan fingerprint density at radius 1 is 1.21 bits per heavy atom. The van der Waals surface area contributed by atoms with Crippen molar-refractivity contribution in [3.63, 3.8) is 0 Å². The summed E-state index contributed by atoms with van der Waals surface area (Å²) >= 11 is 15.6. The van der Waals surface area contributed by atoms with Gasteiger partial charge in [0.05, 0.1) is 8.95 Å². The van der Waals surface area contributed by atoms with Gasteiger partial charge in [-0.25, -0.2) is 0 Å². The highest BCUT2D eigenvalue weighted by molar-refractivity contribution is 9.11. The molecule has 0 N–H and O–H groups in total. The van der Waals surface area contributed by atoms with Crippen LogP contribution < -0.4 is 4.74 Å². The fourth-order valence-corrected chi connectivity index (χ4v) is 3.40. The van der Waals surface area contributed by atoms with Crippen molar-refractivity contribution in [1.82, 2.24) is 0 Å². The van der Waals surface area contributed by atoms with Gasteiger partial charge in [0.15, 0.2) is 0 Å². The van der Waals surface area contributed by atoms with Crippen molar-refractivity contribution in [3.05, 3.63) is 37.2 Å². The van der Waals surface area contributed by atoms with E-state index in [1.54, 1.807) is 6.08 Å². The zero-order valence-electron chi connectivity index (χ0n) is 6.94. The molecular weight excluding hydrogens is 399 g/mol. The molecule has 14 heavy (non-hydrogen) atoms. The molecule has 0 fully saturated rings. The molecule has 76 valence electrons. The summed E-state index contributed by atoms with van der Waals surface area (Å²) in [6, 6.07) is 3.84. The Kier molecular flexibility index (Phi) is 5.52. The minimum Gasteiger partial charge on any atom is -0.487 e. The summed E-state index contributed by atoms with van der Waals surface area (Å²) in [7, 11) is 0. The molecule has 5 heteroatoms. The summed E-state index contributed by atoms with van der Waals surface area (Å²) in [5.74, 6) is 0.767. The molecular formula is C9H6Br3ClO. The summed E-state index contributed by atoms with van der Waals surface area (Å²) in [5.41, 5.74) is 1.43. The van der Waals surface area contributed by atoms with E-state index in [-0.39, 0.29) is 0 Å². The summed E-state index contributed by atoms with van der Waals surface area (Å²) < 4.78 is 8.24. The van der Waals surface area contributed by atoms with Crippen LogP contribution in [0.4, 0.5) is 0 Å². The molecule has 0 aliphatic rings. The van der Waals surface area contributed by atoms with Crippen LogP contribution in [-0.2, 0) is 0 Å². The maximum atomic E-state index is 5.48. The Morgan fingerprint density at radius 2 is 1.79 bits per heavy atom. The van der Waals surface area contributed by atoms with E-state index in [1.165, 1.54) is 5.54 Å². The predicted octanol–water partition coefficient (Wildman–Crippen LogP) is 5.11. The van der Waals surface area contributed by atoms with Crippen LogP contribution >= 0.6 is 59.4 Å². The first kappa shape index (κ1) is 12.6. The third-order valence-electron chi connectivity index (χ3n) is 1.38. The van der Waals surface area contributed by atoms with Crippen molar-refractivity contribution < 1.29 is 4.74 Å². The van der Waals surface area contributed by atoms with Crippen LogP contribution in [0.3, 0.4) is 0 Å². The normalized spacial score (nSPS) is 10.9. The van der Waals surface area contributed by atoms with Gasteiger partial charge in [0.1, 0.15) is 12.4 Å². The number of rotatable bonds is 3. The van der Waals surface area contributed by atoms with Crippen molar-refractivity contribution in [3.8, 4) is 5.75 Å². The van der Waals surface area contributed by atoms with E-state index in [0.29, 0.717) is 6.61 Å². The van der Waals surface area contributed by atoms with E-state index < -0.39 is 0 Å². The largest absolute Gasteiger partial charge is 0.487 e. The molecule has 1 aromatic rings. The SMILES string of the molecule is Cl/C=C/COc1c(Br)cc(Br)cc1Br. The van der Waals surface area contributed by atoms with Crippen molar-refractivity contribution >= 4 is 59.4 Å². The maximum absolute atomic E-state index is 5.48. The van der Waals surface area contributed by atoms with Crippen molar-refractivity contribution in [2.45, 2.75) is 0 Å². The Labute approximate surface area is 113 Å². The van der Waals surface area contributed by atoms with E-state index in [1.807, 2.05) is 12.1 Å². The highest BCUT2D eigenvalue weighted by Crippen LogP contribution is 2.36. The van der Waals surface area contributed by atoms with Crippen molar-refractivity contribution in [1.29, 1.82) is 0 Å². The van der Waals surface area contributed by atoms with Crippen LogP contribution in [0.1, 0.15) is 0 Å². The number of benzene rings is 1. The average molecular weight is 405 g/mol. The number of halogens is 4. The molecule has 0 saturated heterocycles. The minimum atomic E-state index is 0.447. The fraction of sp³-hybridized carbons (Fsp3) is 0.111. The summed E-state index contributed by atoms with van der Waals surface area (Å²) in [4.78, 5) is 0. The van der Waals surface area contributed by atoms with E-state index in [2.05, 4.69) is 47.8 Å². The van der Waals surface area contributed by atoms with Gasteiger partial charge >= 0.3 is 0 Å². The van der Waals surface area contributed by atoms with Crippen LogP contribution in [-0.4, -0.2) is 6.61 Å². The van der Waals surface area contributed by atoms with Gasteiger partial charge in [0.25, 0.3) is 0 Å². The summed E-state index contributed by atoms with van der Waals surface area (Å²) in [5, 5.41) is 0. The highest BCUT2D eigenvalue weighted by Gasteiger charge is 2.06. The summed E-state index contributed by atoms with van der Waals surface area (Å²) in [6.07, 6.45) is 1.72. The second-order valence-electron chi connectivity index (χ2n) is 2.37. The average Bonchev–Trinajstić information content (AvgIpc) is 2.09. The van der Waals surface area contributed by atoms with E-state index in [0.717, 1.165) is 19.2 Å². The van der Waals surface area contributed by atoms with Gasteiger partial charge < -0.3 is 4.74 Å². The Hall–Kier alpha value is 0.490.